The van der Waals surface area contributed by atoms with E-state index in [1.54, 1.807) is 13.8 Å². The summed E-state index contributed by atoms with van der Waals surface area (Å²) in [4.78, 5) is 11.1. The second-order valence-corrected chi connectivity index (χ2v) is 6.80. The van der Waals surface area contributed by atoms with E-state index in [4.69, 9.17) is 9.47 Å². The lowest BCUT2D eigenvalue weighted by atomic mass is 9.82. The van der Waals surface area contributed by atoms with E-state index in [1.165, 1.54) is 6.92 Å². The van der Waals surface area contributed by atoms with Gasteiger partial charge in [-0.15, -0.1) is 0 Å². The Bertz CT molecular complexity index is 503. The predicted molar refractivity (Wildman–Crippen MR) is 68.9 cm³/mol. The lowest BCUT2D eigenvalue weighted by Crippen LogP contribution is -2.53. The van der Waals surface area contributed by atoms with Gasteiger partial charge < -0.3 is 9.47 Å². The highest BCUT2D eigenvalue weighted by Gasteiger charge is 2.53. The van der Waals surface area contributed by atoms with Gasteiger partial charge in [0.2, 0.25) is 6.29 Å². The van der Waals surface area contributed by atoms with Crippen LogP contribution in [0.3, 0.4) is 0 Å². The number of esters is 1. The van der Waals surface area contributed by atoms with Gasteiger partial charge in [0, 0.05) is 6.92 Å². The summed E-state index contributed by atoms with van der Waals surface area (Å²) < 4.78 is 74.3. The highest BCUT2D eigenvalue weighted by atomic mass is 32.2. The Morgan fingerprint density at radius 3 is 2.18 bits per heavy atom. The SMILES string of the molecule is CCC1O[C@@H](OC(C)=O)C(OS(=O)(=O)C(F)(F)F)[C@@H](C)[C@@H]1C. The molecule has 1 saturated heterocycles. The van der Waals surface area contributed by atoms with Gasteiger partial charge in [-0.3, -0.25) is 8.98 Å². The topological polar surface area (TPSA) is 78.9 Å². The van der Waals surface area contributed by atoms with Crippen LogP contribution in [0, 0.1) is 11.8 Å². The second kappa shape index (κ2) is 6.71. The second-order valence-electron chi connectivity index (χ2n) is 5.24. The molecule has 22 heavy (non-hydrogen) atoms. The molecule has 0 aromatic heterocycles. The van der Waals surface area contributed by atoms with Crippen LogP contribution in [0.1, 0.15) is 34.1 Å². The Morgan fingerprint density at radius 2 is 1.77 bits per heavy atom. The van der Waals surface area contributed by atoms with Crippen molar-refractivity contribution >= 4 is 16.1 Å². The van der Waals surface area contributed by atoms with E-state index in [9.17, 15) is 26.4 Å². The Morgan fingerprint density at radius 1 is 1.23 bits per heavy atom. The zero-order valence-corrected chi connectivity index (χ0v) is 13.4. The van der Waals surface area contributed by atoms with E-state index >= 15 is 0 Å². The van der Waals surface area contributed by atoms with E-state index in [0.717, 1.165) is 6.92 Å². The normalized spacial score (nSPS) is 33.5. The minimum absolute atomic E-state index is 0.273. The summed E-state index contributed by atoms with van der Waals surface area (Å²) in [6, 6.07) is 0. The van der Waals surface area contributed by atoms with Gasteiger partial charge in [-0.05, 0) is 18.3 Å². The predicted octanol–water partition coefficient (Wildman–Crippen LogP) is 2.19. The Labute approximate surface area is 127 Å². The molecule has 0 amide bonds. The molecule has 10 heteroatoms. The van der Waals surface area contributed by atoms with Gasteiger partial charge >= 0.3 is 21.6 Å². The van der Waals surface area contributed by atoms with Gasteiger partial charge in [0.25, 0.3) is 0 Å². The van der Waals surface area contributed by atoms with Crippen molar-refractivity contribution in [2.24, 2.45) is 11.8 Å². The highest BCUT2D eigenvalue weighted by molar-refractivity contribution is 7.87. The molecule has 130 valence electrons. The fourth-order valence-corrected chi connectivity index (χ4v) is 2.99. The number of carbonyl (C=O) groups is 1. The third-order valence-electron chi connectivity index (χ3n) is 3.72. The van der Waals surface area contributed by atoms with E-state index in [-0.39, 0.29) is 12.0 Å². The Kier molecular flexibility index (Phi) is 5.85. The van der Waals surface area contributed by atoms with Crippen LogP contribution in [0.2, 0.25) is 0 Å². The molecular weight excluding hydrogens is 329 g/mol. The summed E-state index contributed by atoms with van der Waals surface area (Å²) >= 11 is 0. The first kappa shape index (κ1) is 19.2. The Balaban J connectivity index is 3.08. The highest BCUT2D eigenvalue weighted by Crippen LogP contribution is 2.37. The molecule has 1 fully saturated rings. The summed E-state index contributed by atoms with van der Waals surface area (Å²) in [5, 5.41) is 0. The molecule has 1 heterocycles. The molecular formula is C12H19F3O6S. The minimum atomic E-state index is -5.82. The van der Waals surface area contributed by atoms with Crippen LogP contribution in [0.5, 0.6) is 0 Å². The van der Waals surface area contributed by atoms with Crippen molar-refractivity contribution < 1.29 is 40.0 Å². The smallest absolute Gasteiger partial charge is 0.433 e. The number of hydrogen-bond donors (Lipinski definition) is 0. The van der Waals surface area contributed by atoms with Crippen molar-refractivity contribution in [1.82, 2.24) is 0 Å². The summed E-state index contributed by atoms with van der Waals surface area (Å²) in [7, 11) is -5.82. The molecule has 1 aliphatic heterocycles. The first-order valence-corrected chi connectivity index (χ1v) is 8.13. The molecule has 0 aromatic rings. The van der Waals surface area contributed by atoms with Crippen LogP contribution in [-0.2, 0) is 28.6 Å². The first-order valence-electron chi connectivity index (χ1n) is 6.73. The van der Waals surface area contributed by atoms with Crippen molar-refractivity contribution in [2.45, 2.75) is 58.1 Å². The number of alkyl halides is 3. The summed E-state index contributed by atoms with van der Waals surface area (Å²) in [6.45, 7) is 6.08. The van der Waals surface area contributed by atoms with Crippen LogP contribution in [-0.4, -0.2) is 38.4 Å². The largest absolute Gasteiger partial charge is 0.523 e. The summed E-state index contributed by atoms with van der Waals surface area (Å²) in [6.07, 6.45) is -2.92. The molecule has 2 unspecified atom stereocenters. The van der Waals surface area contributed by atoms with Crippen LogP contribution in [0.25, 0.3) is 0 Å². The third kappa shape index (κ3) is 4.11. The van der Waals surface area contributed by atoms with Crippen molar-refractivity contribution in [3.8, 4) is 0 Å². The number of halogens is 3. The van der Waals surface area contributed by atoms with Crippen LogP contribution >= 0.6 is 0 Å². The van der Waals surface area contributed by atoms with E-state index < -0.39 is 39.9 Å². The average molecular weight is 348 g/mol. The van der Waals surface area contributed by atoms with E-state index in [0.29, 0.717) is 6.42 Å². The molecule has 0 N–H and O–H groups in total. The number of carbonyl (C=O) groups excluding carboxylic acids is 1. The van der Waals surface area contributed by atoms with Crippen LogP contribution < -0.4 is 0 Å². The number of ether oxygens (including phenoxy) is 2. The molecule has 0 aromatic carbocycles. The average Bonchev–Trinajstić information content (AvgIpc) is 2.36. The molecule has 0 saturated carbocycles. The molecule has 6 nitrogen and oxygen atoms in total. The zero-order chi connectivity index (χ0) is 17.3. The molecule has 0 spiro atoms. The lowest BCUT2D eigenvalue weighted by molar-refractivity contribution is -0.256. The zero-order valence-electron chi connectivity index (χ0n) is 12.6. The van der Waals surface area contributed by atoms with E-state index in [1.807, 2.05) is 0 Å². The maximum atomic E-state index is 12.5. The van der Waals surface area contributed by atoms with Gasteiger partial charge in [0.05, 0.1) is 6.10 Å². The molecule has 5 atom stereocenters. The fraction of sp³-hybridized carbons (Fsp3) is 0.917. The maximum absolute atomic E-state index is 12.5. The van der Waals surface area contributed by atoms with Gasteiger partial charge in [-0.25, -0.2) is 0 Å². The monoisotopic (exact) mass is 348 g/mol. The fourth-order valence-electron chi connectivity index (χ4n) is 2.32. The molecule has 0 bridgehead atoms. The van der Waals surface area contributed by atoms with E-state index in [2.05, 4.69) is 4.18 Å². The Hall–Kier alpha value is -0.870. The molecule has 1 aliphatic rings. The molecule has 1 rings (SSSR count). The third-order valence-corrected chi connectivity index (χ3v) is 4.76. The first-order chi connectivity index (χ1) is 9.90. The number of rotatable bonds is 4. The van der Waals surface area contributed by atoms with Gasteiger partial charge in [-0.2, -0.15) is 21.6 Å². The molecule has 0 radical (unpaired) electrons. The summed E-state index contributed by atoms with van der Waals surface area (Å²) in [5.41, 5.74) is -5.56. The number of hydrogen-bond acceptors (Lipinski definition) is 6. The van der Waals surface area contributed by atoms with Crippen molar-refractivity contribution in [2.75, 3.05) is 0 Å². The van der Waals surface area contributed by atoms with Crippen molar-refractivity contribution in [3.05, 3.63) is 0 Å². The summed E-state index contributed by atoms with van der Waals surface area (Å²) in [5.74, 6) is -1.70. The van der Waals surface area contributed by atoms with Crippen LogP contribution in [0.4, 0.5) is 13.2 Å². The lowest BCUT2D eigenvalue weighted by Gasteiger charge is -2.43. The quantitative estimate of drug-likeness (QED) is 0.440. The standard InChI is InChI=1S/C12H19F3O6S/c1-5-9-6(2)7(3)10(11(20-9)19-8(4)16)21-22(17,18)12(13,14)15/h6-7,9-11H,5H2,1-4H3/t6-,7-,9?,10?,11+/m0/s1. The van der Waals surface area contributed by atoms with Gasteiger partial charge in [0.1, 0.15) is 6.10 Å². The molecule has 0 aliphatic carbocycles. The minimum Gasteiger partial charge on any atom is -0.433 e. The maximum Gasteiger partial charge on any atom is 0.523 e. The van der Waals surface area contributed by atoms with Crippen molar-refractivity contribution in [1.29, 1.82) is 0 Å². The van der Waals surface area contributed by atoms with Gasteiger partial charge in [0.15, 0.2) is 0 Å². The van der Waals surface area contributed by atoms with Crippen molar-refractivity contribution in [3.63, 3.8) is 0 Å². The van der Waals surface area contributed by atoms with Gasteiger partial charge in [-0.1, -0.05) is 20.8 Å². The van der Waals surface area contributed by atoms with Crippen LogP contribution in [0.15, 0.2) is 0 Å².